The van der Waals surface area contributed by atoms with Crippen LogP contribution in [0.4, 0.5) is 26.3 Å². The molecule has 0 radical (unpaired) electrons. The fourth-order valence-electron chi connectivity index (χ4n) is 4.93. The van der Waals surface area contributed by atoms with Gasteiger partial charge in [-0.1, -0.05) is 0 Å². The van der Waals surface area contributed by atoms with E-state index < -0.39 is 23.6 Å². The number of halogens is 6. The Morgan fingerprint density at radius 1 is 0.821 bits per heavy atom. The number of H-pyrrole nitrogens is 2. The van der Waals surface area contributed by atoms with Crippen LogP contribution in [0.2, 0.25) is 0 Å². The molecular weight excluding hydrogens is 528 g/mol. The van der Waals surface area contributed by atoms with E-state index in [9.17, 15) is 26.3 Å². The van der Waals surface area contributed by atoms with Crippen LogP contribution in [-0.4, -0.2) is 31.0 Å². The predicted molar refractivity (Wildman–Crippen MR) is 124 cm³/mol. The number of hydrogen-bond donors (Lipinski definition) is 2. The first-order valence-electron chi connectivity index (χ1n) is 11.7. The Bertz CT molecular complexity index is 1740. The van der Waals surface area contributed by atoms with Crippen LogP contribution >= 0.6 is 0 Å². The summed E-state index contributed by atoms with van der Waals surface area (Å²) in [4.78, 5) is 17.5. The first kappa shape index (κ1) is 23.6. The first-order valence-corrected chi connectivity index (χ1v) is 11.7. The van der Waals surface area contributed by atoms with Gasteiger partial charge in [-0.25, -0.2) is 9.97 Å². The zero-order chi connectivity index (χ0) is 27.1. The van der Waals surface area contributed by atoms with Gasteiger partial charge in [-0.05, 0) is 42.5 Å². The maximum atomic E-state index is 13.1. The SMILES string of the molecule is FC(F)(F)c1ccc2nc(C3C4Oc5ccc(Oc6ccnc(-c7ncc(C(F)(F)F)[nH]7)c6)cc5C43)[nH]c2c1. The number of hydrogen-bond acceptors (Lipinski definition) is 5. The molecule has 198 valence electrons. The number of ether oxygens (including phenoxy) is 2. The summed E-state index contributed by atoms with van der Waals surface area (Å²) in [6.07, 6.45) is -7.11. The minimum absolute atomic E-state index is 0.0491. The molecule has 13 heteroatoms. The number of nitrogens with zero attached hydrogens (tertiary/aromatic N) is 3. The largest absolute Gasteiger partial charge is 0.489 e. The van der Waals surface area contributed by atoms with E-state index in [1.807, 2.05) is 0 Å². The van der Waals surface area contributed by atoms with Gasteiger partial charge in [0.25, 0.3) is 0 Å². The molecule has 1 aliphatic carbocycles. The Balaban J connectivity index is 1.11. The fraction of sp³-hybridized carbons (Fsp3) is 0.192. The summed E-state index contributed by atoms with van der Waals surface area (Å²) in [5, 5.41) is 0. The quantitative estimate of drug-likeness (QED) is 0.243. The number of aromatic nitrogens is 5. The average Bonchev–Trinajstić information content (AvgIpc) is 3.28. The third-order valence-corrected chi connectivity index (χ3v) is 6.79. The number of nitrogens with one attached hydrogen (secondary N) is 2. The summed E-state index contributed by atoms with van der Waals surface area (Å²) in [6, 6.07) is 11.7. The van der Waals surface area contributed by atoms with Gasteiger partial charge < -0.3 is 19.4 Å². The van der Waals surface area contributed by atoms with Gasteiger partial charge in [-0.2, -0.15) is 26.3 Å². The van der Waals surface area contributed by atoms with Crippen molar-refractivity contribution in [2.45, 2.75) is 30.3 Å². The predicted octanol–water partition coefficient (Wildman–Crippen LogP) is 6.82. The van der Waals surface area contributed by atoms with E-state index in [0.29, 0.717) is 40.3 Å². The van der Waals surface area contributed by atoms with Gasteiger partial charge in [0.1, 0.15) is 40.6 Å². The Morgan fingerprint density at radius 2 is 1.64 bits per heavy atom. The molecular formula is C26H15F6N5O2. The molecule has 1 fully saturated rings. The zero-order valence-electron chi connectivity index (χ0n) is 19.4. The van der Waals surface area contributed by atoms with Crippen molar-refractivity contribution in [3.05, 3.63) is 83.6 Å². The van der Waals surface area contributed by atoms with Crippen LogP contribution in [-0.2, 0) is 12.4 Å². The summed E-state index contributed by atoms with van der Waals surface area (Å²) in [7, 11) is 0. The van der Waals surface area contributed by atoms with Gasteiger partial charge in [0.2, 0.25) is 0 Å². The highest BCUT2D eigenvalue weighted by molar-refractivity contribution is 5.76. The molecule has 3 atom stereocenters. The molecule has 0 amide bonds. The molecule has 2 aromatic carbocycles. The van der Waals surface area contributed by atoms with Crippen LogP contribution in [0, 0.1) is 0 Å². The maximum Gasteiger partial charge on any atom is 0.432 e. The summed E-state index contributed by atoms with van der Waals surface area (Å²) in [5.41, 5.74) is 0.0457. The topological polar surface area (TPSA) is 88.7 Å². The van der Waals surface area contributed by atoms with Crippen LogP contribution in [0.3, 0.4) is 0 Å². The molecule has 0 bridgehead atoms. The number of rotatable bonds is 4. The highest BCUT2D eigenvalue weighted by Gasteiger charge is 2.61. The zero-order valence-corrected chi connectivity index (χ0v) is 19.4. The van der Waals surface area contributed by atoms with E-state index in [0.717, 1.165) is 17.7 Å². The molecule has 3 unspecified atom stereocenters. The van der Waals surface area contributed by atoms with Crippen LogP contribution in [0.15, 0.2) is 60.9 Å². The highest BCUT2D eigenvalue weighted by atomic mass is 19.4. The minimum atomic E-state index is -4.56. The van der Waals surface area contributed by atoms with Crippen molar-refractivity contribution < 1.29 is 35.8 Å². The smallest absolute Gasteiger partial charge is 0.432 e. The second-order valence-electron chi connectivity index (χ2n) is 9.31. The van der Waals surface area contributed by atoms with E-state index in [1.165, 1.54) is 18.3 Å². The van der Waals surface area contributed by atoms with E-state index in [2.05, 4.69) is 24.9 Å². The molecule has 1 saturated carbocycles. The third-order valence-electron chi connectivity index (χ3n) is 6.79. The molecule has 3 aromatic heterocycles. The van der Waals surface area contributed by atoms with Crippen LogP contribution in [0.5, 0.6) is 17.2 Å². The van der Waals surface area contributed by atoms with Gasteiger partial charge in [-0.3, -0.25) is 4.98 Å². The number of imidazole rings is 2. The van der Waals surface area contributed by atoms with Crippen molar-refractivity contribution in [2.75, 3.05) is 0 Å². The fourth-order valence-corrected chi connectivity index (χ4v) is 4.93. The van der Waals surface area contributed by atoms with E-state index >= 15 is 0 Å². The van der Waals surface area contributed by atoms with Gasteiger partial charge in [0.05, 0.1) is 28.7 Å². The minimum Gasteiger partial charge on any atom is -0.489 e. The number of aromatic amines is 2. The molecule has 5 aromatic rings. The van der Waals surface area contributed by atoms with Crippen molar-refractivity contribution in [3.63, 3.8) is 0 Å². The Kier molecular flexibility index (Phi) is 4.82. The van der Waals surface area contributed by atoms with Crippen molar-refractivity contribution in [1.29, 1.82) is 0 Å². The molecule has 2 N–H and O–H groups in total. The normalized spacial score (nSPS) is 20.0. The molecule has 4 heterocycles. The van der Waals surface area contributed by atoms with Crippen LogP contribution in [0.1, 0.15) is 34.5 Å². The Morgan fingerprint density at radius 3 is 2.41 bits per heavy atom. The lowest BCUT2D eigenvalue weighted by Crippen LogP contribution is -2.04. The second-order valence-corrected chi connectivity index (χ2v) is 9.31. The summed E-state index contributed by atoms with van der Waals surface area (Å²) >= 11 is 0. The standard InChI is InChI=1S/C26H15F6N5O2/c27-25(28,29)11-1-3-15-16(7-11)36-24(35-15)21-20-14-8-12(2-4-18(14)39-22(20)21)38-13-5-6-33-17(9-13)23-34-10-19(37-23)26(30,31)32/h1-10,20-22H,(H,34,37)(H,35,36). The second kappa shape index (κ2) is 7.98. The monoisotopic (exact) mass is 543 g/mol. The van der Waals surface area contributed by atoms with Crippen molar-refractivity contribution >= 4 is 11.0 Å². The Labute approximate surface area is 214 Å². The van der Waals surface area contributed by atoms with E-state index in [-0.39, 0.29) is 29.5 Å². The first-order chi connectivity index (χ1) is 18.5. The highest BCUT2D eigenvalue weighted by Crippen LogP contribution is 2.63. The number of fused-ring (bicyclic) bond motifs is 4. The molecule has 2 aliphatic rings. The average molecular weight is 543 g/mol. The van der Waals surface area contributed by atoms with Gasteiger partial charge in [-0.15, -0.1) is 0 Å². The van der Waals surface area contributed by atoms with Crippen molar-refractivity contribution in [1.82, 2.24) is 24.9 Å². The summed E-state index contributed by atoms with van der Waals surface area (Å²) < 4.78 is 89.9. The molecule has 0 saturated heterocycles. The molecule has 7 rings (SSSR count). The molecule has 1 aliphatic heterocycles. The molecule has 7 nitrogen and oxygen atoms in total. The summed E-state index contributed by atoms with van der Waals surface area (Å²) in [6.45, 7) is 0. The lowest BCUT2D eigenvalue weighted by molar-refractivity contribution is -0.141. The van der Waals surface area contributed by atoms with Crippen molar-refractivity contribution in [2.24, 2.45) is 0 Å². The number of benzene rings is 2. The van der Waals surface area contributed by atoms with Gasteiger partial charge >= 0.3 is 12.4 Å². The Hall–Kier alpha value is -4.55. The maximum absolute atomic E-state index is 13.1. The van der Waals surface area contributed by atoms with Crippen molar-refractivity contribution in [3.8, 4) is 28.8 Å². The number of alkyl halides is 6. The van der Waals surface area contributed by atoms with E-state index in [1.54, 1.807) is 24.3 Å². The van der Waals surface area contributed by atoms with Gasteiger partial charge in [0, 0.05) is 23.7 Å². The summed E-state index contributed by atoms with van der Waals surface area (Å²) in [5.74, 6) is 1.78. The molecule has 0 spiro atoms. The van der Waals surface area contributed by atoms with Crippen LogP contribution < -0.4 is 9.47 Å². The van der Waals surface area contributed by atoms with E-state index in [4.69, 9.17) is 9.47 Å². The number of pyridine rings is 1. The third kappa shape index (κ3) is 4.04. The lowest BCUT2D eigenvalue weighted by atomic mass is 10.1. The van der Waals surface area contributed by atoms with Crippen LogP contribution in [0.25, 0.3) is 22.6 Å². The van der Waals surface area contributed by atoms with Gasteiger partial charge in [0.15, 0.2) is 5.82 Å². The molecule has 39 heavy (non-hydrogen) atoms. The lowest BCUT2D eigenvalue weighted by Gasteiger charge is -2.11.